The first-order valence-electron chi connectivity index (χ1n) is 7.69. The predicted octanol–water partition coefficient (Wildman–Crippen LogP) is 3.00. The van der Waals surface area contributed by atoms with E-state index in [0.29, 0.717) is 13.1 Å². The molecular weight excluding hydrogens is 407 g/mol. The van der Waals surface area contributed by atoms with Crippen LogP contribution in [0.5, 0.6) is 0 Å². The molecule has 0 N–H and O–H groups in total. The van der Waals surface area contributed by atoms with Gasteiger partial charge >= 0.3 is 6.09 Å². The van der Waals surface area contributed by atoms with E-state index in [1.807, 2.05) is 33.0 Å². The van der Waals surface area contributed by atoms with Gasteiger partial charge in [-0.3, -0.25) is 4.40 Å². The SMILES string of the molecule is CC(C)(C)OC(=O)N1CCN(c2ccc3ncc(I)n3c2)CC1. The van der Waals surface area contributed by atoms with Crippen LogP contribution in [-0.4, -0.2) is 52.2 Å². The Kier molecular flexibility index (Phi) is 4.39. The number of pyridine rings is 1. The highest BCUT2D eigenvalue weighted by atomic mass is 127. The predicted molar refractivity (Wildman–Crippen MR) is 97.9 cm³/mol. The lowest BCUT2D eigenvalue weighted by atomic mass is 10.2. The summed E-state index contributed by atoms with van der Waals surface area (Å²) in [5.74, 6) is 0. The van der Waals surface area contributed by atoms with E-state index < -0.39 is 5.60 Å². The van der Waals surface area contributed by atoms with Gasteiger partial charge in [0.2, 0.25) is 0 Å². The number of carbonyl (C=O) groups is 1. The Balaban J connectivity index is 1.66. The molecule has 3 heterocycles. The van der Waals surface area contributed by atoms with Crippen LogP contribution >= 0.6 is 22.6 Å². The smallest absolute Gasteiger partial charge is 0.410 e. The second kappa shape index (κ2) is 6.18. The standard InChI is InChI=1S/C16H21IN4O2/c1-16(2,3)23-15(22)20-8-6-19(7-9-20)12-4-5-14-18-10-13(17)21(14)11-12/h4-5,10-11H,6-9H2,1-3H3. The van der Waals surface area contributed by atoms with Crippen LogP contribution < -0.4 is 4.90 Å². The average molecular weight is 428 g/mol. The summed E-state index contributed by atoms with van der Waals surface area (Å²) >= 11 is 2.28. The van der Waals surface area contributed by atoms with Crippen molar-refractivity contribution < 1.29 is 9.53 Å². The Morgan fingerprint density at radius 1 is 1.22 bits per heavy atom. The lowest BCUT2D eigenvalue weighted by Gasteiger charge is -2.36. The van der Waals surface area contributed by atoms with Crippen molar-refractivity contribution in [2.24, 2.45) is 0 Å². The molecule has 0 radical (unpaired) electrons. The van der Waals surface area contributed by atoms with Crippen molar-refractivity contribution in [1.29, 1.82) is 0 Å². The molecule has 0 atom stereocenters. The van der Waals surface area contributed by atoms with Crippen molar-refractivity contribution >= 4 is 40.0 Å². The lowest BCUT2D eigenvalue weighted by molar-refractivity contribution is 0.0240. The van der Waals surface area contributed by atoms with Gasteiger partial charge in [-0.15, -0.1) is 0 Å². The third-order valence-corrected chi connectivity index (χ3v) is 4.54. The first-order valence-corrected chi connectivity index (χ1v) is 8.77. The Morgan fingerprint density at radius 2 is 1.91 bits per heavy atom. The van der Waals surface area contributed by atoms with Gasteiger partial charge in [0.05, 0.1) is 11.9 Å². The molecule has 2 aromatic heterocycles. The molecule has 1 aliphatic heterocycles. The molecule has 3 rings (SSSR count). The summed E-state index contributed by atoms with van der Waals surface area (Å²) < 4.78 is 8.61. The number of anilines is 1. The quantitative estimate of drug-likeness (QED) is 0.656. The van der Waals surface area contributed by atoms with E-state index in [4.69, 9.17) is 4.74 Å². The molecule has 124 valence electrons. The van der Waals surface area contributed by atoms with Gasteiger partial charge in [-0.25, -0.2) is 9.78 Å². The summed E-state index contributed by atoms with van der Waals surface area (Å²) in [5, 5.41) is 0. The Morgan fingerprint density at radius 3 is 2.57 bits per heavy atom. The lowest BCUT2D eigenvalue weighted by Crippen LogP contribution is -2.50. The molecule has 1 saturated heterocycles. The minimum Gasteiger partial charge on any atom is -0.444 e. The van der Waals surface area contributed by atoms with E-state index in [-0.39, 0.29) is 6.09 Å². The first kappa shape index (κ1) is 16.4. The summed E-state index contributed by atoms with van der Waals surface area (Å²) in [5.41, 5.74) is 1.65. The number of halogens is 1. The highest BCUT2D eigenvalue weighted by Crippen LogP contribution is 2.20. The molecule has 0 bridgehead atoms. The van der Waals surface area contributed by atoms with E-state index in [9.17, 15) is 4.79 Å². The molecule has 6 nitrogen and oxygen atoms in total. The highest BCUT2D eigenvalue weighted by molar-refractivity contribution is 14.1. The van der Waals surface area contributed by atoms with Crippen LogP contribution in [0.15, 0.2) is 24.5 Å². The number of carbonyl (C=O) groups excluding carboxylic acids is 1. The Labute approximate surface area is 149 Å². The van der Waals surface area contributed by atoms with Gasteiger partial charge in [0.25, 0.3) is 0 Å². The maximum absolute atomic E-state index is 12.1. The molecule has 0 aliphatic carbocycles. The molecule has 0 spiro atoms. The zero-order chi connectivity index (χ0) is 16.6. The molecule has 1 amide bonds. The summed E-state index contributed by atoms with van der Waals surface area (Å²) in [6, 6.07) is 4.11. The Hall–Kier alpha value is -1.51. The van der Waals surface area contributed by atoms with Crippen LogP contribution in [0, 0.1) is 3.70 Å². The van der Waals surface area contributed by atoms with Gasteiger partial charge in [-0.1, -0.05) is 0 Å². The van der Waals surface area contributed by atoms with Crippen LogP contribution in [0.25, 0.3) is 5.65 Å². The second-order valence-corrected chi connectivity index (χ2v) is 7.76. The molecule has 23 heavy (non-hydrogen) atoms. The van der Waals surface area contributed by atoms with Crippen LogP contribution in [0.3, 0.4) is 0 Å². The van der Waals surface area contributed by atoms with Crippen molar-refractivity contribution in [1.82, 2.24) is 14.3 Å². The third-order valence-electron chi connectivity index (χ3n) is 3.74. The van der Waals surface area contributed by atoms with Crippen molar-refractivity contribution in [2.75, 3.05) is 31.1 Å². The Bertz CT molecular complexity index is 714. The number of amides is 1. The van der Waals surface area contributed by atoms with Crippen LogP contribution in [0.2, 0.25) is 0 Å². The van der Waals surface area contributed by atoms with Gasteiger partial charge in [-0.05, 0) is 55.5 Å². The topological polar surface area (TPSA) is 50.1 Å². The fraction of sp³-hybridized carbons (Fsp3) is 0.500. The number of hydrogen-bond donors (Lipinski definition) is 0. The van der Waals surface area contributed by atoms with Gasteiger partial charge in [0, 0.05) is 32.4 Å². The number of nitrogens with zero attached hydrogens (tertiary/aromatic N) is 4. The summed E-state index contributed by atoms with van der Waals surface area (Å²) in [6.07, 6.45) is 3.74. The minimum atomic E-state index is -0.447. The van der Waals surface area contributed by atoms with Gasteiger partial charge in [-0.2, -0.15) is 0 Å². The van der Waals surface area contributed by atoms with Crippen LogP contribution in [0.4, 0.5) is 10.5 Å². The number of hydrogen-bond acceptors (Lipinski definition) is 4. The fourth-order valence-corrected chi connectivity index (χ4v) is 3.13. The fourth-order valence-electron chi connectivity index (χ4n) is 2.60. The third kappa shape index (κ3) is 3.70. The average Bonchev–Trinajstić information content (AvgIpc) is 2.87. The summed E-state index contributed by atoms with van der Waals surface area (Å²) in [7, 11) is 0. The number of aromatic nitrogens is 2. The van der Waals surface area contributed by atoms with E-state index in [2.05, 4.69) is 49.1 Å². The maximum Gasteiger partial charge on any atom is 0.410 e. The van der Waals surface area contributed by atoms with Crippen molar-refractivity contribution in [3.8, 4) is 0 Å². The molecule has 1 aliphatic rings. The number of imidazole rings is 1. The summed E-state index contributed by atoms with van der Waals surface area (Å²) in [4.78, 5) is 20.5. The van der Waals surface area contributed by atoms with E-state index in [1.165, 1.54) is 0 Å². The van der Waals surface area contributed by atoms with Gasteiger partial charge in [0.1, 0.15) is 14.9 Å². The first-order chi connectivity index (χ1) is 10.8. The van der Waals surface area contributed by atoms with E-state index in [0.717, 1.165) is 28.1 Å². The van der Waals surface area contributed by atoms with Crippen molar-refractivity contribution in [3.63, 3.8) is 0 Å². The number of ether oxygens (including phenoxy) is 1. The monoisotopic (exact) mass is 428 g/mol. The largest absolute Gasteiger partial charge is 0.444 e. The maximum atomic E-state index is 12.1. The van der Waals surface area contributed by atoms with E-state index >= 15 is 0 Å². The molecule has 7 heteroatoms. The summed E-state index contributed by atoms with van der Waals surface area (Å²) in [6.45, 7) is 8.63. The van der Waals surface area contributed by atoms with Crippen LogP contribution in [-0.2, 0) is 4.74 Å². The van der Waals surface area contributed by atoms with Crippen molar-refractivity contribution in [3.05, 3.63) is 28.2 Å². The zero-order valence-corrected chi connectivity index (χ0v) is 15.8. The van der Waals surface area contributed by atoms with Gasteiger partial charge < -0.3 is 14.5 Å². The van der Waals surface area contributed by atoms with Gasteiger partial charge in [0.15, 0.2) is 0 Å². The molecule has 0 aromatic carbocycles. The normalized spacial score (nSPS) is 16.0. The molecule has 0 saturated carbocycles. The molecule has 0 unspecified atom stereocenters. The second-order valence-electron chi connectivity index (χ2n) is 6.65. The number of piperazine rings is 1. The van der Waals surface area contributed by atoms with Crippen molar-refractivity contribution in [2.45, 2.75) is 26.4 Å². The van der Waals surface area contributed by atoms with E-state index in [1.54, 1.807) is 4.90 Å². The van der Waals surface area contributed by atoms with Crippen LogP contribution in [0.1, 0.15) is 20.8 Å². The highest BCUT2D eigenvalue weighted by Gasteiger charge is 2.26. The molecular formula is C16H21IN4O2. The molecule has 2 aromatic rings. The number of fused-ring (bicyclic) bond motifs is 1. The number of rotatable bonds is 1. The minimum absolute atomic E-state index is 0.225. The zero-order valence-electron chi connectivity index (χ0n) is 13.6. The molecule has 1 fully saturated rings.